The van der Waals surface area contributed by atoms with Crippen LogP contribution in [-0.2, 0) is 0 Å². The van der Waals surface area contributed by atoms with Gasteiger partial charge in [0.25, 0.3) is 5.91 Å². The molecule has 1 N–H and O–H groups in total. The zero-order chi connectivity index (χ0) is 19.2. The summed E-state index contributed by atoms with van der Waals surface area (Å²) in [6, 6.07) is 13.1. The lowest BCUT2D eigenvalue weighted by molar-refractivity contribution is 0.0946. The second kappa shape index (κ2) is 8.35. The normalized spacial score (nSPS) is 10.5. The number of benzene rings is 2. The number of nitrogens with one attached hydrogen (secondary N) is 1. The highest BCUT2D eigenvalue weighted by molar-refractivity contribution is 5.95. The van der Waals surface area contributed by atoms with Crippen molar-refractivity contribution in [2.24, 2.45) is 0 Å². The van der Waals surface area contributed by atoms with Crippen molar-refractivity contribution in [3.8, 4) is 17.2 Å². The Morgan fingerprint density at radius 3 is 2.44 bits per heavy atom. The van der Waals surface area contributed by atoms with Gasteiger partial charge in [-0.15, -0.1) is 0 Å². The third-order valence-corrected chi connectivity index (χ3v) is 4.04. The molecule has 0 spiro atoms. The van der Waals surface area contributed by atoms with Crippen LogP contribution in [0.15, 0.2) is 54.7 Å². The van der Waals surface area contributed by atoms with Crippen molar-refractivity contribution in [1.29, 1.82) is 0 Å². The molecule has 3 aromatic rings. The van der Waals surface area contributed by atoms with Gasteiger partial charge in [-0.2, -0.15) is 5.10 Å². The Bertz CT molecular complexity index is 905. The van der Waals surface area contributed by atoms with E-state index < -0.39 is 0 Å². The van der Waals surface area contributed by atoms with Gasteiger partial charge in [0, 0.05) is 0 Å². The fourth-order valence-corrected chi connectivity index (χ4v) is 2.58. The molecule has 1 amide bonds. The summed E-state index contributed by atoms with van der Waals surface area (Å²) in [5.74, 6) is 0.896. The molecule has 0 aliphatic rings. The van der Waals surface area contributed by atoms with E-state index in [0.29, 0.717) is 35.8 Å². The average Bonchev–Trinajstić information content (AvgIpc) is 3.07. The minimum Gasteiger partial charge on any atom is -0.497 e. The summed E-state index contributed by atoms with van der Waals surface area (Å²) in [6.07, 6.45) is 1.50. The maximum atomic E-state index is 13.1. The second-order valence-electron chi connectivity index (χ2n) is 5.81. The highest BCUT2D eigenvalue weighted by atomic mass is 19.1. The standard InChI is InChI=1S/C20H20FN3O3/c1-14-19(13-23-24(14)16-5-3-15(21)4-6-16)20(25)22-11-12-27-18-9-7-17(26-2)8-10-18/h3-10,13H,11-12H2,1-2H3,(H,22,25). The van der Waals surface area contributed by atoms with Gasteiger partial charge in [0.2, 0.25) is 0 Å². The smallest absolute Gasteiger partial charge is 0.254 e. The largest absolute Gasteiger partial charge is 0.497 e. The fourth-order valence-electron chi connectivity index (χ4n) is 2.58. The molecule has 0 fully saturated rings. The number of hydrogen-bond acceptors (Lipinski definition) is 4. The van der Waals surface area contributed by atoms with Crippen molar-refractivity contribution >= 4 is 5.91 Å². The van der Waals surface area contributed by atoms with E-state index in [0.717, 1.165) is 5.75 Å². The monoisotopic (exact) mass is 369 g/mol. The summed E-state index contributed by atoms with van der Waals surface area (Å²) < 4.78 is 25.3. The fraction of sp³-hybridized carbons (Fsp3) is 0.200. The number of hydrogen-bond donors (Lipinski definition) is 1. The molecule has 1 heterocycles. The first-order chi connectivity index (χ1) is 13.1. The molecule has 3 rings (SSSR count). The number of rotatable bonds is 7. The van der Waals surface area contributed by atoms with Gasteiger partial charge in [0.15, 0.2) is 0 Å². The third-order valence-electron chi connectivity index (χ3n) is 4.04. The Labute approximate surface area is 156 Å². The minimum absolute atomic E-state index is 0.237. The van der Waals surface area contributed by atoms with Crippen LogP contribution in [0.5, 0.6) is 11.5 Å². The maximum absolute atomic E-state index is 13.1. The summed E-state index contributed by atoms with van der Waals surface area (Å²) >= 11 is 0. The van der Waals surface area contributed by atoms with Gasteiger partial charge < -0.3 is 14.8 Å². The van der Waals surface area contributed by atoms with Gasteiger partial charge >= 0.3 is 0 Å². The topological polar surface area (TPSA) is 65.4 Å². The van der Waals surface area contributed by atoms with Crippen molar-refractivity contribution in [2.75, 3.05) is 20.3 Å². The molecule has 0 aliphatic heterocycles. The van der Waals surface area contributed by atoms with Crippen LogP contribution in [0.1, 0.15) is 16.1 Å². The third kappa shape index (κ3) is 4.44. The van der Waals surface area contributed by atoms with E-state index in [9.17, 15) is 9.18 Å². The van der Waals surface area contributed by atoms with E-state index in [1.807, 2.05) is 0 Å². The van der Waals surface area contributed by atoms with Crippen LogP contribution in [0.2, 0.25) is 0 Å². The number of amides is 1. The van der Waals surface area contributed by atoms with Crippen LogP contribution in [0.25, 0.3) is 5.69 Å². The molecule has 0 saturated carbocycles. The molecule has 27 heavy (non-hydrogen) atoms. The average molecular weight is 369 g/mol. The van der Waals surface area contributed by atoms with Gasteiger partial charge in [-0.05, 0) is 55.5 Å². The zero-order valence-corrected chi connectivity index (χ0v) is 15.1. The Morgan fingerprint density at radius 1 is 1.11 bits per heavy atom. The van der Waals surface area contributed by atoms with Crippen LogP contribution in [0.4, 0.5) is 4.39 Å². The van der Waals surface area contributed by atoms with Crippen molar-refractivity contribution < 1.29 is 18.7 Å². The van der Waals surface area contributed by atoms with E-state index in [-0.39, 0.29) is 11.7 Å². The quantitative estimate of drug-likeness (QED) is 0.650. The summed E-state index contributed by atoms with van der Waals surface area (Å²) in [4.78, 5) is 12.4. The molecule has 0 aliphatic carbocycles. The molecule has 0 atom stereocenters. The summed E-state index contributed by atoms with van der Waals surface area (Å²) in [5.41, 5.74) is 1.83. The van der Waals surface area contributed by atoms with Gasteiger partial charge in [-0.25, -0.2) is 9.07 Å². The van der Waals surface area contributed by atoms with E-state index >= 15 is 0 Å². The number of methoxy groups -OCH3 is 1. The van der Waals surface area contributed by atoms with Crippen molar-refractivity contribution in [3.63, 3.8) is 0 Å². The Kier molecular flexibility index (Phi) is 5.71. The molecular weight excluding hydrogens is 349 g/mol. The van der Waals surface area contributed by atoms with Gasteiger partial charge in [-0.1, -0.05) is 0 Å². The van der Waals surface area contributed by atoms with Crippen LogP contribution < -0.4 is 14.8 Å². The lowest BCUT2D eigenvalue weighted by atomic mass is 10.2. The van der Waals surface area contributed by atoms with Crippen LogP contribution >= 0.6 is 0 Å². The maximum Gasteiger partial charge on any atom is 0.254 e. The SMILES string of the molecule is COc1ccc(OCCNC(=O)c2cnn(-c3ccc(F)cc3)c2C)cc1. The highest BCUT2D eigenvalue weighted by Crippen LogP contribution is 2.17. The molecule has 0 radical (unpaired) electrons. The number of carbonyl (C=O) groups excluding carboxylic acids is 1. The number of halogens is 1. The molecule has 7 heteroatoms. The van der Waals surface area contributed by atoms with Crippen molar-refractivity contribution in [2.45, 2.75) is 6.92 Å². The number of aromatic nitrogens is 2. The first-order valence-corrected chi connectivity index (χ1v) is 8.44. The summed E-state index contributed by atoms with van der Waals surface area (Å²) in [7, 11) is 1.60. The number of carbonyl (C=O) groups is 1. The predicted molar refractivity (Wildman–Crippen MR) is 99.1 cm³/mol. The molecule has 140 valence electrons. The Hall–Kier alpha value is -3.35. The summed E-state index contributed by atoms with van der Waals surface area (Å²) in [5, 5.41) is 7.02. The Morgan fingerprint density at radius 2 is 1.78 bits per heavy atom. The van der Waals surface area contributed by atoms with Gasteiger partial charge in [-0.3, -0.25) is 4.79 Å². The predicted octanol–water partition coefficient (Wildman–Crippen LogP) is 3.14. The molecule has 6 nitrogen and oxygen atoms in total. The minimum atomic E-state index is -0.321. The van der Waals surface area contributed by atoms with Crippen LogP contribution in [-0.4, -0.2) is 35.9 Å². The first-order valence-electron chi connectivity index (χ1n) is 8.44. The number of nitrogens with zero attached hydrogens (tertiary/aromatic N) is 2. The van der Waals surface area contributed by atoms with Crippen molar-refractivity contribution in [3.05, 3.63) is 71.8 Å². The van der Waals surface area contributed by atoms with E-state index in [1.165, 1.54) is 18.3 Å². The van der Waals surface area contributed by atoms with Crippen molar-refractivity contribution in [1.82, 2.24) is 15.1 Å². The molecule has 1 aromatic heterocycles. The number of ether oxygens (including phenoxy) is 2. The van der Waals surface area contributed by atoms with E-state index in [1.54, 1.807) is 55.1 Å². The van der Waals surface area contributed by atoms with E-state index in [4.69, 9.17) is 9.47 Å². The lowest BCUT2D eigenvalue weighted by Crippen LogP contribution is -2.28. The van der Waals surface area contributed by atoms with Crippen LogP contribution in [0, 0.1) is 12.7 Å². The highest BCUT2D eigenvalue weighted by Gasteiger charge is 2.14. The Balaban J connectivity index is 1.54. The molecule has 0 bridgehead atoms. The molecular formula is C20H20FN3O3. The molecule has 0 unspecified atom stereocenters. The van der Waals surface area contributed by atoms with Gasteiger partial charge in [0.05, 0.1) is 36.8 Å². The summed E-state index contributed by atoms with van der Waals surface area (Å²) in [6.45, 7) is 2.48. The second-order valence-corrected chi connectivity index (χ2v) is 5.81. The van der Waals surface area contributed by atoms with Gasteiger partial charge in [0.1, 0.15) is 23.9 Å². The first kappa shape index (κ1) is 18.4. The molecule has 2 aromatic carbocycles. The lowest BCUT2D eigenvalue weighted by Gasteiger charge is -2.09. The zero-order valence-electron chi connectivity index (χ0n) is 15.1. The molecule has 0 saturated heterocycles. The van der Waals surface area contributed by atoms with Crippen LogP contribution in [0.3, 0.4) is 0 Å². The van der Waals surface area contributed by atoms with E-state index in [2.05, 4.69) is 10.4 Å².